The van der Waals surface area contributed by atoms with Crippen LogP contribution in [-0.4, -0.2) is 17.9 Å². The molecule has 6 heteroatoms. The van der Waals surface area contributed by atoms with Crippen molar-refractivity contribution in [3.8, 4) is 5.75 Å². The highest BCUT2D eigenvalue weighted by Crippen LogP contribution is 2.24. The van der Waals surface area contributed by atoms with Gasteiger partial charge in [-0.2, -0.15) is 0 Å². The van der Waals surface area contributed by atoms with Crippen molar-refractivity contribution in [2.45, 2.75) is 6.42 Å². The first-order chi connectivity index (χ1) is 7.04. The number of carbonyl (C=O) groups excluding carboxylic acids is 1. The largest absolute Gasteiger partial charge is 0.497 e. The number of rotatable bonds is 4. The Kier molecular flexibility index (Phi) is 3.22. The summed E-state index contributed by atoms with van der Waals surface area (Å²) in [6.07, 6.45) is -0.152. The van der Waals surface area contributed by atoms with Gasteiger partial charge in [-0.3, -0.25) is 14.9 Å². The van der Waals surface area contributed by atoms with Crippen LogP contribution in [0.25, 0.3) is 0 Å². The summed E-state index contributed by atoms with van der Waals surface area (Å²) >= 11 is 0. The lowest BCUT2D eigenvalue weighted by molar-refractivity contribution is -0.385. The van der Waals surface area contributed by atoms with Crippen molar-refractivity contribution in [1.82, 2.24) is 0 Å². The summed E-state index contributed by atoms with van der Waals surface area (Å²) in [4.78, 5) is 20.8. The van der Waals surface area contributed by atoms with Gasteiger partial charge in [0.1, 0.15) is 5.75 Å². The number of ether oxygens (including phenoxy) is 1. The molecule has 0 bridgehead atoms. The Bertz CT molecular complexity index is 403. The number of nitrogens with two attached hydrogens (primary N) is 1. The number of carbonyl (C=O) groups is 1. The molecule has 2 N–H and O–H groups in total. The molecule has 0 atom stereocenters. The van der Waals surface area contributed by atoms with Crippen LogP contribution in [0.5, 0.6) is 5.75 Å². The summed E-state index contributed by atoms with van der Waals surface area (Å²) in [5.74, 6) is -0.238. The maximum atomic E-state index is 10.7. The van der Waals surface area contributed by atoms with Crippen LogP contribution in [0.1, 0.15) is 5.56 Å². The van der Waals surface area contributed by atoms with Crippen LogP contribution >= 0.6 is 0 Å². The first kappa shape index (κ1) is 11.0. The normalized spacial score (nSPS) is 9.67. The Hall–Kier alpha value is -2.11. The number of hydrogen-bond donors (Lipinski definition) is 1. The van der Waals surface area contributed by atoms with Crippen LogP contribution in [0.4, 0.5) is 5.69 Å². The van der Waals surface area contributed by atoms with Gasteiger partial charge >= 0.3 is 0 Å². The van der Waals surface area contributed by atoms with Crippen LogP contribution in [0.3, 0.4) is 0 Å². The van der Waals surface area contributed by atoms with Gasteiger partial charge in [0.2, 0.25) is 5.91 Å². The van der Waals surface area contributed by atoms with E-state index < -0.39 is 10.8 Å². The van der Waals surface area contributed by atoms with Gasteiger partial charge < -0.3 is 10.5 Å². The molecular weight excluding hydrogens is 200 g/mol. The first-order valence-electron chi connectivity index (χ1n) is 4.14. The quantitative estimate of drug-likeness (QED) is 0.582. The van der Waals surface area contributed by atoms with Gasteiger partial charge in [0.05, 0.1) is 24.5 Å². The second-order valence-electron chi connectivity index (χ2n) is 2.89. The van der Waals surface area contributed by atoms with Gasteiger partial charge in [-0.1, -0.05) is 0 Å². The highest BCUT2D eigenvalue weighted by atomic mass is 16.6. The van der Waals surface area contributed by atoms with Gasteiger partial charge in [0.15, 0.2) is 0 Å². The van der Waals surface area contributed by atoms with E-state index in [4.69, 9.17) is 10.5 Å². The van der Waals surface area contributed by atoms with Crippen molar-refractivity contribution >= 4 is 11.6 Å². The predicted octanol–water partition coefficient (Wildman–Crippen LogP) is 0.631. The second kappa shape index (κ2) is 4.41. The molecule has 1 rings (SSSR count). The zero-order chi connectivity index (χ0) is 11.4. The molecule has 0 radical (unpaired) electrons. The van der Waals surface area contributed by atoms with E-state index in [0.717, 1.165) is 0 Å². The van der Waals surface area contributed by atoms with Gasteiger partial charge in [0, 0.05) is 5.56 Å². The van der Waals surface area contributed by atoms with E-state index in [2.05, 4.69) is 0 Å². The van der Waals surface area contributed by atoms with E-state index in [1.807, 2.05) is 0 Å². The molecule has 0 unspecified atom stereocenters. The zero-order valence-corrected chi connectivity index (χ0v) is 8.10. The monoisotopic (exact) mass is 210 g/mol. The molecule has 1 aromatic carbocycles. The van der Waals surface area contributed by atoms with Crippen molar-refractivity contribution in [3.05, 3.63) is 33.9 Å². The average molecular weight is 210 g/mol. The number of nitrogens with zero attached hydrogens (tertiary/aromatic N) is 1. The summed E-state index contributed by atoms with van der Waals surface area (Å²) in [7, 11) is 1.41. The van der Waals surface area contributed by atoms with E-state index in [1.54, 1.807) is 6.07 Å². The summed E-state index contributed by atoms with van der Waals surface area (Å²) in [5, 5.41) is 10.7. The molecule has 1 aromatic rings. The van der Waals surface area contributed by atoms with Crippen molar-refractivity contribution in [1.29, 1.82) is 0 Å². The Labute approximate surface area is 85.8 Å². The molecule has 0 saturated heterocycles. The van der Waals surface area contributed by atoms with Gasteiger partial charge in [0.25, 0.3) is 5.69 Å². The minimum absolute atomic E-state index is 0.152. The van der Waals surface area contributed by atoms with Crippen LogP contribution in [0, 0.1) is 10.1 Å². The average Bonchev–Trinajstić information content (AvgIpc) is 2.17. The summed E-state index contributed by atoms with van der Waals surface area (Å²) in [6.45, 7) is 0. The molecule has 15 heavy (non-hydrogen) atoms. The fourth-order valence-corrected chi connectivity index (χ4v) is 1.18. The Balaban J connectivity index is 3.15. The summed E-state index contributed by atoms with van der Waals surface area (Å²) < 4.78 is 4.84. The lowest BCUT2D eigenvalue weighted by atomic mass is 10.1. The number of amides is 1. The molecule has 0 heterocycles. The number of methoxy groups -OCH3 is 1. The van der Waals surface area contributed by atoms with Gasteiger partial charge in [-0.05, 0) is 12.1 Å². The maximum Gasteiger partial charge on any atom is 0.276 e. The molecule has 0 aliphatic heterocycles. The number of primary amides is 1. The molecule has 0 fully saturated rings. The Morgan fingerprint density at radius 1 is 1.60 bits per heavy atom. The minimum atomic E-state index is -0.608. The summed E-state index contributed by atoms with van der Waals surface area (Å²) in [5.41, 5.74) is 5.10. The zero-order valence-electron chi connectivity index (χ0n) is 8.10. The van der Waals surface area contributed by atoms with Gasteiger partial charge in [-0.25, -0.2) is 0 Å². The first-order valence-corrected chi connectivity index (χ1v) is 4.14. The Morgan fingerprint density at radius 2 is 2.27 bits per heavy atom. The SMILES string of the molecule is COc1ccc(CC(N)=O)c([N+](=O)[O-])c1. The minimum Gasteiger partial charge on any atom is -0.497 e. The smallest absolute Gasteiger partial charge is 0.276 e. The van der Waals surface area contributed by atoms with Gasteiger partial charge in [-0.15, -0.1) is 0 Å². The molecule has 0 aromatic heterocycles. The van der Waals surface area contributed by atoms with Crippen LogP contribution in [0.15, 0.2) is 18.2 Å². The number of nitro benzene ring substituents is 1. The third-order valence-corrected chi connectivity index (χ3v) is 1.85. The lowest BCUT2D eigenvalue weighted by Gasteiger charge is -2.03. The lowest BCUT2D eigenvalue weighted by Crippen LogP contribution is -2.14. The van der Waals surface area contributed by atoms with E-state index in [9.17, 15) is 14.9 Å². The Morgan fingerprint density at radius 3 is 2.73 bits per heavy atom. The topological polar surface area (TPSA) is 95.5 Å². The van der Waals surface area contributed by atoms with E-state index in [0.29, 0.717) is 5.75 Å². The van der Waals surface area contributed by atoms with E-state index in [1.165, 1.54) is 19.2 Å². The van der Waals surface area contributed by atoms with Crippen LogP contribution in [-0.2, 0) is 11.2 Å². The molecule has 0 saturated carbocycles. The van der Waals surface area contributed by atoms with Crippen molar-refractivity contribution < 1.29 is 14.5 Å². The van der Waals surface area contributed by atoms with E-state index >= 15 is 0 Å². The summed E-state index contributed by atoms with van der Waals surface area (Å²) in [6, 6.07) is 4.27. The fourth-order valence-electron chi connectivity index (χ4n) is 1.18. The second-order valence-corrected chi connectivity index (χ2v) is 2.89. The highest BCUT2D eigenvalue weighted by Gasteiger charge is 2.16. The fraction of sp³-hybridized carbons (Fsp3) is 0.222. The molecule has 80 valence electrons. The molecular formula is C9H10N2O4. The molecule has 0 aliphatic rings. The number of benzene rings is 1. The predicted molar refractivity (Wildman–Crippen MR) is 52.5 cm³/mol. The third-order valence-electron chi connectivity index (χ3n) is 1.85. The third kappa shape index (κ3) is 2.67. The van der Waals surface area contributed by atoms with Crippen LogP contribution < -0.4 is 10.5 Å². The van der Waals surface area contributed by atoms with E-state index in [-0.39, 0.29) is 17.7 Å². The van der Waals surface area contributed by atoms with Crippen molar-refractivity contribution in [2.75, 3.05) is 7.11 Å². The maximum absolute atomic E-state index is 10.7. The molecule has 0 spiro atoms. The van der Waals surface area contributed by atoms with Crippen molar-refractivity contribution in [3.63, 3.8) is 0 Å². The standard InChI is InChI=1S/C9H10N2O4/c1-15-7-3-2-6(4-9(10)12)8(5-7)11(13)14/h2-3,5H,4H2,1H3,(H2,10,12). The number of hydrogen-bond acceptors (Lipinski definition) is 4. The highest BCUT2D eigenvalue weighted by molar-refractivity contribution is 5.78. The molecule has 1 amide bonds. The molecule has 6 nitrogen and oxygen atoms in total. The van der Waals surface area contributed by atoms with Crippen molar-refractivity contribution in [2.24, 2.45) is 5.73 Å². The van der Waals surface area contributed by atoms with Crippen LogP contribution in [0.2, 0.25) is 0 Å². The number of nitro groups is 1. The molecule has 0 aliphatic carbocycles.